The van der Waals surface area contributed by atoms with E-state index in [1.807, 2.05) is 29.3 Å². The third kappa shape index (κ3) is 3.37. The Hall–Kier alpha value is -2.34. The number of aromatic nitrogens is 2. The van der Waals surface area contributed by atoms with Crippen molar-refractivity contribution >= 4 is 11.7 Å². The van der Waals surface area contributed by atoms with Gasteiger partial charge in [-0.2, -0.15) is 5.10 Å². The van der Waals surface area contributed by atoms with Gasteiger partial charge in [0.1, 0.15) is 0 Å². The van der Waals surface area contributed by atoms with E-state index < -0.39 is 0 Å². The van der Waals surface area contributed by atoms with Gasteiger partial charge in [-0.3, -0.25) is 4.68 Å². The van der Waals surface area contributed by atoms with Crippen molar-refractivity contribution in [3.05, 3.63) is 48.3 Å². The lowest BCUT2D eigenvalue weighted by Gasteiger charge is -2.46. The third-order valence-corrected chi connectivity index (χ3v) is 4.17. The number of carbonyl (C=O) groups is 1. The summed E-state index contributed by atoms with van der Waals surface area (Å²) in [6.45, 7) is 4.20. The maximum absolute atomic E-state index is 12.5. The fraction of sp³-hybridized carbons (Fsp3) is 0.412. The van der Waals surface area contributed by atoms with Crippen molar-refractivity contribution in [3.63, 3.8) is 0 Å². The molecule has 1 fully saturated rings. The van der Waals surface area contributed by atoms with Gasteiger partial charge in [-0.25, -0.2) is 4.79 Å². The molecule has 0 bridgehead atoms. The van der Waals surface area contributed by atoms with E-state index >= 15 is 0 Å². The van der Waals surface area contributed by atoms with Gasteiger partial charge < -0.3 is 15.0 Å². The summed E-state index contributed by atoms with van der Waals surface area (Å²) in [5, 5.41) is 7.13. The minimum Gasteiger partial charge on any atom is -0.383 e. The van der Waals surface area contributed by atoms with E-state index in [2.05, 4.69) is 29.5 Å². The maximum atomic E-state index is 12.5. The van der Waals surface area contributed by atoms with Crippen LogP contribution in [0.5, 0.6) is 0 Å². The van der Waals surface area contributed by atoms with Gasteiger partial charge >= 0.3 is 6.03 Å². The van der Waals surface area contributed by atoms with Crippen molar-refractivity contribution in [3.8, 4) is 0 Å². The highest BCUT2D eigenvalue weighted by atomic mass is 16.5. The molecule has 6 nitrogen and oxygen atoms in total. The molecule has 0 unspecified atom stereocenters. The summed E-state index contributed by atoms with van der Waals surface area (Å²) in [6, 6.07) is 10.2. The highest BCUT2D eigenvalue weighted by molar-refractivity contribution is 5.90. The molecular formula is C17H22N4O2. The SMILES string of the molecule is COCCn1cc(NC(=O)N2C[C@H](C)[C@@H]2c2ccccc2)cn1. The number of benzene rings is 1. The highest BCUT2D eigenvalue weighted by Gasteiger charge is 2.39. The van der Waals surface area contributed by atoms with Gasteiger partial charge in [0.05, 0.1) is 31.1 Å². The highest BCUT2D eigenvalue weighted by Crippen LogP contribution is 2.38. The number of ether oxygens (including phenoxy) is 1. The number of methoxy groups -OCH3 is 1. The first-order valence-electron chi connectivity index (χ1n) is 7.83. The molecule has 2 heterocycles. The van der Waals surface area contributed by atoms with E-state index in [-0.39, 0.29) is 12.1 Å². The summed E-state index contributed by atoms with van der Waals surface area (Å²) < 4.78 is 6.78. The smallest absolute Gasteiger partial charge is 0.322 e. The standard InChI is InChI=1S/C17H22N4O2/c1-13-11-21(16(13)14-6-4-3-5-7-14)17(22)19-15-10-18-20(12-15)8-9-23-2/h3-7,10,12-13,16H,8-9,11H2,1-2H3,(H,19,22)/t13-,16+/m0/s1. The molecule has 1 aromatic carbocycles. The Kier molecular flexibility index (Phi) is 4.62. The molecule has 3 rings (SSSR count). The first kappa shape index (κ1) is 15.6. The van der Waals surface area contributed by atoms with Gasteiger partial charge in [-0.15, -0.1) is 0 Å². The van der Waals surface area contributed by atoms with Crippen molar-refractivity contribution in [1.29, 1.82) is 0 Å². The molecule has 0 aliphatic carbocycles. The zero-order valence-electron chi connectivity index (χ0n) is 13.5. The number of likely N-dealkylation sites (tertiary alicyclic amines) is 1. The average Bonchev–Trinajstić information content (AvgIpc) is 2.98. The Morgan fingerprint density at radius 3 is 2.87 bits per heavy atom. The second-order valence-electron chi connectivity index (χ2n) is 5.90. The van der Waals surface area contributed by atoms with Crippen molar-refractivity contribution in [2.45, 2.75) is 19.5 Å². The molecule has 1 N–H and O–H groups in total. The van der Waals surface area contributed by atoms with Gasteiger partial charge in [-0.1, -0.05) is 37.3 Å². The quantitative estimate of drug-likeness (QED) is 0.923. The summed E-state index contributed by atoms with van der Waals surface area (Å²) in [6.07, 6.45) is 3.48. The molecule has 1 aromatic heterocycles. The van der Waals surface area contributed by atoms with Crippen LogP contribution < -0.4 is 5.32 Å². The minimum absolute atomic E-state index is 0.0803. The lowest BCUT2D eigenvalue weighted by Crippen LogP contribution is -2.53. The zero-order valence-corrected chi connectivity index (χ0v) is 13.5. The number of carbonyl (C=O) groups excluding carboxylic acids is 1. The topological polar surface area (TPSA) is 59.4 Å². The number of nitrogens with one attached hydrogen (secondary N) is 1. The number of urea groups is 1. The van der Waals surface area contributed by atoms with Crippen molar-refractivity contribution in [2.75, 3.05) is 25.6 Å². The van der Waals surface area contributed by atoms with Gasteiger partial charge in [0, 0.05) is 19.9 Å². The molecule has 0 radical (unpaired) electrons. The van der Waals surface area contributed by atoms with Crippen LogP contribution in [0.4, 0.5) is 10.5 Å². The molecule has 6 heteroatoms. The second kappa shape index (κ2) is 6.83. The average molecular weight is 314 g/mol. The van der Waals surface area contributed by atoms with Crippen LogP contribution in [0.3, 0.4) is 0 Å². The van der Waals surface area contributed by atoms with Crippen LogP contribution in [0.2, 0.25) is 0 Å². The number of amides is 2. The molecule has 122 valence electrons. The predicted molar refractivity (Wildman–Crippen MR) is 88.2 cm³/mol. The largest absolute Gasteiger partial charge is 0.383 e. The summed E-state index contributed by atoms with van der Waals surface area (Å²) in [4.78, 5) is 14.4. The van der Waals surface area contributed by atoms with Crippen LogP contribution in [-0.4, -0.2) is 41.0 Å². The Labute approximate surface area is 136 Å². The normalized spacial score (nSPS) is 20.2. The van der Waals surface area contributed by atoms with E-state index in [4.69, 9.17) is 4.74 Å². The second-order valence-corrected chi connectivity index (χ2v) is 5.90. The third-order valence-electron chi connectivity index (χ3n) is 4.17. The lowest BCUT2D eigenvalue weighted by molar-refractivity contribution is 0.0671. The zero-order chi connectivity index (χ0) is 16.2. The summed E-state index contributed by atoms with van der Waals surface area (Å²) in [5.41, 5.74) is 1.88. The van der Waals surface area contributed by atoms with Crippen LogP contribution in [0, 0.1) is 5.92 Å². The van der Waals surface area contributed by atoms with Crippen LogP contribution in [0.15, 0.2) is 42.7 Å². The van der Waals surface area contributed by atoms with Gasteiger partial charge in [0.15, 0.2) is 0 Å². The van der Waals surface area contributed by atoms with Gasteiger partial charge in [-0.05, 0) is 11.5 Å². The Bertz CT molecular complexity index is 656. The van der Waals surface area contributed by atoms with E-state index in [9.17, 15) is 4.79 Å². The number of rotatable bonds is 5. The predicted octanol–water partition coefficient (Wildman–Crippen LogP) is 2.75. The van der Waals surface area contributed by atoms with Crippen LogP contribution in [-0.2, 0) is 11.3 Å². The Balaban J connectivity index is 1.63. The minimum atomic E-state index is -0.0803. The molecule has 2 atom stereocenters. The molecule has 1 saturated heterocycles. The Morgan fingerprint density at radius 2 is 2.17 bits per heavy atom. The van der Waals surface area contributed by atoms with Gasteiger partial charge in [0.25, 0.3) is 0 Å². The summed E-state index contributed by atoms with van der Waals surface area (Å²) in [5.74, 6) is 0.465. The molecular weight excluding hydrogens is 292 g/mol. The molecule has 0 spiro atoms. The fourth-order valence-corrected chi connectivity index (χ4v) is 2.99. The summed E-state index contributed by atoms with van der Waals surface area (Å²) in [7, 11) is 1.65. The van der Waals surface area contributed by atoms with E-state index in [1.54, 1.807) is 18.0 Å². The van der Waals surface area contributed by atoms with Crippen LogP contribution >= 0.6 is 0 Å². The van der Waals surface area contributed by atoms with Crippen molar-refractivity contribution in [1.82, 2.24) is 14.7 Å². The molecule has 1 aliphatic heterocycles. The fourth-order valence-electron chi connectivity index (χ4n) is 2.99. The van der Waals surface area contributed by atoms with E-state index in [1.165, 1.54) is 5.56 Å². The van der Waals surface area contributed by atoms with Gasteiger partial charge in [0.2, 0.25) is 0 Å². The maximum Gasteiger partial charge on any atom is 0.322 e. The molecule has 23 heavy (non-hydrogen) atoms. The molecule has 2 aromatic rings. The van der Waals surface area contributed by atoms with Crippen LogP contribution in [0.1, 0.15) is 18.5 Å². The van der Waals surface area contributed by atoms with E-state index in [0.29, 0.717) is 24.8 Å². The van der Waals surface area contributed by atoms with Crippen LogP contribution in [0.25, 0.3) is 0 Å². The number of hydrogen-bond donors (Lipinski definition) is 1. The van der Waals surface area contributed by atoms with E-state index in [0.717, 1.165) is 6.54 Å². The summed E-state index contributed by atoms with van der Waals surface area (Å²) >= 11 is 0. The molecule has 1 aliphatic rings. The lowest BCUT2D eigenvalue weighted by atomic mass is 9.85. The first-order valence-corrected chi connectivity index (χ1v) is 7.83. The van der Waals surface area contributed by atoms with Crippen molar-refractivity contribution < 1.29 is 9.53 Å². The number of nitrogens with zero attached hydrogens (tertiary/aromatic N) is 3. The molecule has 0 saturated carbocycles. The molecule has 2 amide bonds. The van der Waals surface area contributed by atoms with Crippen molar-refractivity contribution in [2.24, 2.45) is 5.92 Å². The monoisotopic (exact) mass is 314 g/mol. The number of anilines is 1. The Morgan fingerprint density at radius 1 is 1.39 bits per heavy atom. The first-order chi connectivity index (χ1) is 11.2. The number of hydrogen-bond acceptors (Lipinski definition) is 3.